The van der Waals surface area contributed by atoms with Crippen LogP contribution in [0.5, 0.6) is 0 Å². The van der Waals surface area contributed by atoms with Crippen LogP contribution in [0, 0.1) is 28.6 Å². The standard InChI is InChI=1S/C25H43NO2/c1-3-5-7-8-10-21-11-13-23(14-12-21)28-24(27)22-15-18-25(20-26,19-16-22)17-9-6-4-2/h21-23H,3-19H2,1-2H3/t21?,22-,23?,25-. The zero-order valence-corrected chi connectivity index (χ0v) is 18.5. The van der Waals surface area contributed by atoms with Crippen LogP contribution in [0.15, 0.2) is 0 Å². The number of carbonyl (C=O) groups is 1. The number of nitrogens with zero attached hydrogens (tertiary/aromatic N) is 1. The molecule has 28 heavy (non-hydrogen) atoms. The number of nitriles is 1. The van der Waals surface area contributed by atoms with E-state index in [1.165, 1.54) is 57.8 Å². The van der Waals surface area contributed by atoms with Gasteiger partial charge in [0, 0.05) is 0 Å². The second kappa shape index (κ2) is 12.5. The molecular formula is C25H43NO2. The Labute approximate surface area is 173 Å². The molecule has 0 aromatic carbocycles. The Morgan fingerprint density at radius 1 is 0.929 bits per heavy atom. The van der Waals surface area contributed by atoms with E-state index in [0.29, 0.717) is 0 Å². The van der Waals surface area contributed by atoms with E-state index in [1.807, 2.05) is 0 Å². The van der Waals surface area contributed by atoms with Gasteiger partial charge in [0.15, 0.2) is 0 Å². The summed E-state index contributed by atoms with van der Waals surface area (Å²) in [6, 6.07) is 2.59. The van der Waals surface area contributed by atoms with Gasteiger partial charge in [0.05, 0.1) is 17.4 Å². The molecule has 0 N–H and O–H groups in total. The number of hydrogen-bond acceptors (Lipinski definition) is 3. The lowest BCUT2D eigenvalue weighted by Gasteiger charge is -2.35. The van der Waals surface area contributed by atoms with Crippen LogP contribution in [0.25, 0.3) is 0 Å². The molecule has 0 aromatic heterocycles. The topological polar surface area (TPSA) is 50.1 Å². The monoisotopic (exact) mass is 389 g/mol. The first-order valence-corrected chi connectivity index (χ1v) is 12.2. The van der Waals surface area contributed by atoms with Gasteiger partial charge in [0.1, 0.15) is 6.10 Å². The summed E-state index contributed by atoms with van der Waals surface area (Å²) in [5.74, 6) is 0.895. The Kier molecular flexibility index (Phi) is 10.4. The van der Waals surface area contributed by atoms with Crippen molar-refractivity contribution in [1.29, 1.82) is 5.26 Å². The first-order chi connectivity index (χ1) is 13.6. The van der Waals surface area contributed by atoms with E-state index in [1.54, 1.807) is 0 Å². The van der Waals surface area contributed by atoms with Gasteiger partial charge in [-0.1, -0.05) is 65.2 Å². The van der Waals surface area contributed by atoms with E-state index < -0.39 is 0 Å². The van der Waals surface area contributed by atoms with Crippen LogP contribution in [0.4, 0.5) is 0 Å². The summed E-state index contributed by atoms with van der Waals surface area (Å²) in [5.41, 5.74) is -0.179. The van der Waals surface area contributed by atoms with Crippen LogP contribution in [0.1, 0.15) is 123 Å². The van der Waals surface area contributed by atoms with Gasteiger partial charge >= 0.3 is 5.97 Å². The molecule has 0 radical (unpaired) electrons. The minimum atomic E-state index is -0.179. The summed E-state index contributed by atoms with van der Waals surface area (Å²) < 4.78 is 5.90. The second-order valence-electron chi connectivity index (χ2n) is 9.55. The fourth-order valence-electron chi connectivity index (χ4n) is 5.20. The third-order valence-corrected chi connectivity index (χ3v) is 7.31. The molecule has 0 heterocycles. The number of ether oxygens (including phenoxy) is 1. The van der Waals surface area contributed by atoms with Gasteiger partial charge in [-0.15, -0.1) is 0 Å². The lowest BCUT2D eigenvalue weighted by molar-refractivity contribution is -0.157. The summed E-state index contributed by atoms with van der Waals surface area (Å²) in [6.07, 6.45) is 19.4. The smallest absolute Gasteiger partial charge is 0.309 e. The van der Waals surface area contributed by atoms with Crippen molar-refractivity contribution in [2.75, 3.05) is 0 Å². The molecule has 0 spiro atoms. The van der Waals surface area contributed by atoms with Crippen molar-refractivity contribution in [3.05, 3.63) is 0 Å². The van der Waals surface area contributed by atoms with E-state index in [0.717, 1.165) is 57.3 Å². The van der Waals surface area contributed by atoms with Crippen molar-refractivity contribution in [2.24, 2.45) is 17.3 Å². The molecular weight excluding hydrogens is 346 g/mol. The summed E-state index contributed by atoms with van der Waals surface area (Å²) in [4.78, 5) is 12.6. The fourth-order valence-corrected chi connectivity index (χ4v) is 5.20. The van der Waals surface area contributed by atoms with Crippen LogP contribution in [-0.4, -0.2) is 12.1 Å². The zero-order valence-electron chi connectivity index (χ0n) is 18.5. The third-order valence-electron chi connectivity index (χ3n) is 7.31. The van der Waals surface area contributed by atoms with Crippen LogP contribution < -0.4 is 0 Å². The maximum absolute atomic E-state index is 12.6. The molecule has 2 aliphatic carbocycles. The molecule has 3 nitrogen and oxygen atoms in total. The molecule has 0 saturated heterocycles. The number of unbranched alkanes of at least 4 members (excludes halogenated alkanes) is 5. The fraction of sp³-hybridized carbons (Fsp3) is 0.920. The van der Waals surface area contributed by atoms with Gasteiger partial charge in [-0.2, -0.15) is 5.26 Å². The number of carbonyl (C=O) groups excluding carboxylic acids is 1. The third kappa shape index (κ3) is 7.41. The Morgan fingerprint density at radius 2 is 1.57 bits per heavy atom. The summed E-state index contributed by atoms with van der Waals surface area (Å²) in [5, 5.41) is 9.68. The van der Waals surface area contributed by atoms with Gasteiger partial charge in [-0.25, -0.2) is 0 Å². The van der Waals surface area contributed by atoms with Crippen molar-refractivity contribution in [3.63, 3.8) is 0 Å². The molecule has 160 valence electrons. The normalized spacial score (nSPS) is 30.5. The Bertz CT molecular complexity index is 479. The molecule has 2 aliphatic rings. The Morgan fingerprint density at radius 3 is 2.18 bits per heavy atom. The van der Waals surface area contributed by atoms with E-state index in [9.17, 15) is 10.1 Å². The quantitative estimate of drug-likeness (QED) is 0.274. The van der Waals surface area contributed by atoms with Gasteiger partial charge in [0.25, 0.3) is 0 Å². The molecule has 0 unspecified atom stereocenters. The van der Waals surface area contributed by atoms with Crippen LogP contribution in [-0.2, 0) is 9.53 Å². The lowest BCUT2D eigenvalue weighted by atomic mass is 9.69. The number of esters is 1. The van der Waals surface area contributed by atoms with Crippen molar-refractivity contribution >= 4 is 5.97 Å². The van der Waals surface area contributed by atoms with Crippen molar-refractivity contribution in [1.82, 2.24) is 0 Å². The van der Waals surface area contributed by atoms with E-state index in [4.69, 9.17) is 4.74 Å². The second-order valence-corrected chi connectivity index (χ2v) is 9.55. The minimum absolute atomic E-state index is 0.0199. The van der Waals surface area contributed by atoms with Crippen molar-refractivity contribution < 1.29 is 9.53 Å². The predicted octanol–water partition coefficient (Wildman–Crippen LogP) is 7.34. The maximum atomic E-state index is 12.6. The SMILES string of the molecule is CCCCCCC1CCC(OC(=O)[C@H]2CC[C@@](C#N)(CCCCC)CC2)CC1. The molecule has 0 aromatic rings. The molecule has 0 amide bonds. The van der Waals surface area contributed by atoms with Crippen molar-refractivity contribution in [3.8, 4) is 6.07 Å². The molecule has 2 fully saturated rings. The van der Waals surface area contributed by atoms with Gasteiger partial charge in [-0.3, -0.25) is 4.79 Å². The zero-order chi connectivity index (χ0) is 20.2. The summed E-state index contributed by atoms with van der Waals surface area (Å²) in [7, 11) is 0. The van der Waals surface area contributed by atoms with Gasteiger partial charge < -0.3 is 4.74 Å². The first-order valence-electron chi connectivity index (χ1n) is 12.2. The van der Waals surface area contributed by atoms with E-state index in [-0.39, 0.29) is 23.4 Å². The largest absolute Gasteiger partial charge is 0.462 e. The van der Waals surface area contributed by atoms with Crippen LogP contribution in [0.2, 0.25) is 0 Å². The van der Waals surface area contributed by atoms with E-state index in [2.05, 4.69) is 19.9 Å². The lowest BCUT2D eigenvalue weighted by Crippen LogP contribution is -2.33. The highest BCUT2D eigenvalue weighted by Crippen LogP contribution is 2.43. The number of rotatable bonds is 11. The summed E-state index contributed by atoms with van der Waals surface area (Å²) >= 11 is 0. The Hall–Kier alpha value is -1.04. The molecule has 2 rings (SSSR count). The Balaban J connectivity index is 1.66. The average Bonchev–Trinajstić information content (AvgIpc) is 2.73. The highest BCUT2D eigenvalue weighted by molar-refractivity contribution is 5.72. The molecule has 0 atom stereocenters. The van der Waals surface area contributed by atoms with Crippen LogP contribution >= 0.6 is 0 Å². The molecule has 2 saturated carbocycles. The maximum Gasteiger partial charge on any atom is 0.309 e. The average molecular weight is 390 g/mol. The number of hydrogen-bond donors (Lipinski definition) is 0. The highest BCUT2D eigenvalue weighted by Gasteiger charge is 2.38. The molecule has 0 bridgehead atoms. The molecule has 3 heteroatoms. The highest BCUT2D eigenvalue weighted by atomic mass is 16.5. The minimum Gasteiger partial charge on any atom is -0.462 e. The predicted molar refractivity (Wildman–Crippen MR) is 115 cm³/mol. The van der Waals surface area contributed by atoms with E-state index >= 15 is 0 Å². The van der Waals surface area contributed by atoms with Crippen molar-refractivity contribution in [2.45, 2.75) is 129 Å². The van der Waals surface area contributed by atoms with Gasteiger partial charge in [0.2, 0.25) is 0 Å². The summed E-state index contributed by atoms with van der Waals surface area (Å²) in [6.45, 7) is 4.46. The first kappa shape index (κ1) is 23.2. The van der Waals surface area contributed by atoms with Crippen LogP contribution in [0.3, 0.4) is 0 Å². The molecule has 0 aliphatic heterocycles. The van der Waals surface area contributed by atoms with Gasteiger partial charge in [-0.05, 0) is 63.7 Å².